The number of aromatic nitrogens is 1. The van der Waals surface area contributed by atoms with Gasteiger partial charge < -0.3 is 25.6 Å². The molecule has 212 valence electrons. The molecule has 3 rings (SSSR count). The van der Waals surface area contributed by atoms with Crippen molar-refractivity contribution in [3.05, 3.63) is 84.2 Å². The number of pyridine rings is 1. The van der Waals surface area contributed by atoms with Gasteiger partial charge in [0.25, 0.3) is 5.91 Å². The molecule has 1 atom stereocenters. The van der Waals surface area contributed by atoms with Crippen LogP contribution in [0.3, 0.4) is 0 Å². The summed E-state index contributed by atoms with van der Waals surface area (Å²) in [6.45, 7) is 6.21. The Morgan fingerprint density at radius 3 is 2.17 bits per heavy atom. The lowest BCUT2D eigenvalue weighted by atomic mass is 10.00. The van der Waals surface area contributed by atoms with Crippen LogP contribution >= 0.6 is 0 Å². The first-order valence-electron chi connectivity index (χ1n) is 13.1. The van der Waals surface area contributed by atoms with E-state index < -0.39 is 11.7 Å². The highest BCUT2D eigenvalue weighted by Gasteiger charge is 2.19. The van der Waals surface area contributed by atoms with E-state index in [-0.39, 0.29) is 18.0 Å². The molecule has 0 fully saturated rings. The molecule has 4 amide bonds. The minimum absolute atomic E-state index is 0.257. The van der Waals surface area contributed by atoms with Crippen LogP contribution in [0, 0.1) is 0 Å². The normalized spacial score (nSPS) is 11.8. The molecule has 0 aliphatic heterocycles. The monoisotopic (exact) mass is 546 g/mol. The number of benzene rings is 2. The largest absolute Gasteiger partial charge is 0.444 e. The van der Waals surface area contributed by atoms with Crippen molar-refractivity contribution in [3.63, 3.8) is 0 Å². The number of para-hydroxylation sites is 2. The standard InChI is InChI=1S/C30H38N6O4/c1-30(2,3)40-29(39)35-26-12-7-6-11-25(26)33-27(37)22-16-14-21(15-17-22)24(13-9-19-36(4)5)34-28(38)32-23-10-8-18-31-20-23/h6-8,10-12,14-18,20,24H,9,13,19H2,1-5H3,(H,33,37)(H,35,39)(H2,32,34,38). The van der Waals surface area contributed by atoms with E-state index in [0.717, 1.165) is 18.5 Å². The first kappa shape index (κ1) is 30.1. The molecule has 2 aromatic carbocycles. The Balaban J connectivity index is 1.69. The molecule has 4 N–H and O–H groups in total. The summed E-state index contributed by atoms with van der Waals surface area (Å²) in [5.41, 5.74) is 2.12. The van der Waals surface area contributed by atoms with Gasteiger partial charge in [-0.05, 0) is 96.2 Å². The Kier molecular flexibility index (Phi) is 10.6. The molecule has 0 saturated heterocycles. The van der Waals surface area contributed by atoms with Gasteiger partial charge in [0.15, 0.2) is 0 Å². The van der Waals surface area contributed by atoms with Crippen LogP contribution in [-0.4, -0.2) is 54.2 Å². The Hall–Kier alpha value is -4.44. The van der Waals surface area contributed by atoms with Crippen LogP contribution in [0.2, 0.25) is 0 Å². The SMILES string of the molecule is CN(C)CCCC(NC(=O)Nc1cccnc1)c1ccc(C(=O)Nc2ccccc2NC(=O)OC(C)(C)C)cc1. The van der Waals surface area contributed by atoms with Gasteiger partial charge in [0.1, 0.15) is 5.60 Å². The zero-order valence-electron chi connectivity index (χ0n) is 23.7. The molecule has 1 aromatic heterocycles. The van der Waals surface area contributed by atoms with Crippen LogP contribution in [-0.2, 0) is 4.74 Å². The highest BCUT2D eigenvalue weighted by atomic mass is 16.6. The van der Waals surface area contributed by atoms with Crippen molar-refractivity contribution in [2.45, 2.75) is 45.3 Å². The van der Waals surface area contributed by atoms with Gasteiger partial charge in [-0.2, -0.15) is 0 Å². The number of hydrogen-bond acceptors (Lipinski definition) is 6. The summed E-state index contributed by atoms with van der Waals surface area (Å²) in [5.74, 6) is -0.337. The van der Waals surface area contributed by atoms with E-state index >= 15 is 0 Å². The average molecular weight is 547 g/mol. The predicted octanol–water partition coefficient (Wildman–Crippen LogP) is 5.89. The second kappa shape index (κ2) is 14.1. The molecule has 10 nitrogen and oxygen atoms in total. The summed E-state index contributed by atoms with van der Waals surface area (Å²) >= 11 is 0. The zero-order valence-corrected chi connectivity index (χ0v) is 23.7. The second-order valence-electron chi connectivity index (χ2n) is 10.6. The van der Waals surface area contributed by atoms with Gasteiger partial charge in [0.05, 0.1) is 29.3 Å². The van der Waals surface area contributed by atoms with E-state index in [1.54, 1.807) is 81.7 Å². The molecule has 0 radical (unpaired) electrons. The Morgan fingerprint density at radius 1 is 0.900 bits per heavy atom. The maximum Gasteiger partial charge on any atom is 0.412 e. The van der Waals surface area contributed by atoms with Crippen LogP contribution in [0.15, 0.2) is 73.1 Å². The third kappa shape index (κ3) is 10.0. The van der Waals surface area contributed by atoms with Crippen molar-refractivity contribution in [1.29, 1.82) is 0 Å². The van der Waals surface area contributed by atoms with E-state index in [1.807, 2.05) is 26.2 Å². The van der Waals surface area contributed by atoms with E-state index in [2.05, 4.69) is 31.2 Å². The van der Waals surface area contributed by atoms with Crippen molar-refractivity contribution in [2.24, 2.45) is 0 Å². The van der Waals surface area contributed by atoms with Gasteiger partial charge in [0.2, 0.25) is 0 Å². The third-order valence-corrected chi connectivity index (χ3v) is 5.71. The molecule has 0 spiro atoms. The molecule has 1 heterocycles. The molecular weight excluding hydrogens is 508 g/mol. The van der Waals surface area contributed by atoms with Crippen LogP contribution in [0.25, 0.3) is 0 Å². The zero-order chi connectivity index (χ0) is 29.1. The molecule has 40 heavy (non-hydrogen) atoms. The predicted molar refractivity (Wildman–Crippen MR) is 158 cm³/mol. The number of carbonyl (C=O) groups is 3. The summed E-state index contributed by atoms with van der Waals surface area (Å²) in [6, 6.07) is 16.9. The molecule has 0 aliphatic rings. The molecule has 10 heteroatoms. The number of carbonyl (C=O) groups excluding carboxylic acids is 3. The lowest BCUT2D eigenvalue weighted by Crippen LogP contribution is -2.33. The van der Waals surface area contributed by atoms with Gasteiger partial charge in [-0.3, -0.25) is 15.1 Å². The minimum Gasteiger partial charge on any atom is -0.444 e. The quantitative estimate of drug-likeness (QED) is 0.252. The summed E-state index contributed by atoms with van der Waals surface area (Å²) in [6.07, 6.45) is 4.19. The first-order valence-corrected chi connectivity index (χ1v) is 13.1. The molecule has 0 bridgehead atoms. The number of urea groups is 1. The number of ether oxygens (including phenoxy) is 1. The Labute approximate surface area is 235 Å². The minimum atomic E-state index is -0.650. The Bertz CT molecular complexity index is 1270. The molecule has 3 aromatic rings. The first-order chi connectivity index (χ1) is 19.0. The summed E-state index contributed by atoms with van der Waals surface area (Å²) in [4.78, 5) is 44.1. The lowest BCUT2D eigenvalue weighted by Gasteiger charge is -2.21. The van der Waals surface area contributed by atoms with Crippen LogP contribution in [0.1, 0.15) is 55.6 Å². The van der Waals surface area contributed by atoms with E-state index in [4.69, 9.17) is 4.74 Å². The average Bonchev–Trinajstić information content (AvgIpc) is 2.88. The number of nitrogens with one attached hydrogen (secondary N) is 4. The highest BCUT2D eigenvalue weighted by molar-refractivity contribution is 6.06. The second-order valence-corrected chi connectivity index (χ2v) is 10.6. The molecular formula is C30H38N6O4. The molecule has 0 saturated carbocycles. The maximum absolute atomic E-state index is 13.0. The number of rotatable bonds is 10. The van der Waals surface area contributed by atoms with Gasteiger partial charge in [-0.25, -0.2) is 9.59 Å². The number of nitrogens with zero attached hydrogens (tertiary/aromatic N) is 2. The van der Waals surface area contributed by atoms with Crippen molar-refractivity contribution in [3.8, 4) is 0 Å². The molecule has 0 aliphatic carbocycles. The van der Waals surface area contributed by atoms with Crippen LogP contribution < -0.4 is 21.3 Å². The van der Waals surface area contributed by atoms with E-state index in [9.17, 15) is 14.4 Å². The summed E-state index contributed by atoms with van der Waals surface area (Å²) < 4.78 is 5.32. The Morgan fingerprint density at radius 2 is 1.57 bits per heavy atom. The number of hydrogen-bond donors (Lipinski definition) is 4. The van der Waals surface area contributed by atoms with Gasteiger partial charge in [-0.15, -0.1) is 0 Å². The van der Waals surface area contributed by atoms with Crippen molar-refractivity contribution >= 4 is 35.1 Å². The molecule has 1 unspecified atom stereocenters. The van der Waals surface area contributed by atoms with Gasteiger partial charge >= 0.3 is 12.1 Å². The fraction of sp³-hybridized carbons (Fsp3) is 0.333. The van der Waals surface area contributed by atoms with E-state index in [0.29, 0.717) is 29.0 Å². The topological polar surface area (TPSA) is 125 Å². The van der Waals surface area contributed by atoms with Gasteiger partial charge in [0, 0.05) is 11.8 Å². The summed E-state index contributed by atoms with van der Waals surface area (Å²) in [5, 5.41) is 11.4. The smallest absolute Gasteiger partial charge is 0.412 e. The van der Waals surface area contributed by atoms with Crippen LogP contribution in [0.4, 0.5) is 26.7 Å². The fourth-order valence-electron chi connectivity index (χ4n) is 3.87. The van der Waals surface area contributed by atoms with Crippen LogP contribution in [0.5, 0.6) is 0 Å². The fourth-order valence-corrected chi connectivity index (χ4v) is 3.87. The number of amides is 4. The third-order valence-electron chi connectivity index (χ3n) is 5.71. The lowest BCUT2D eigenvalue weighted by molar-refractivity contribution is 0.0635. The van der Waals surface area contributed by atoms with Crippen molar-refractivity contribution < 1.29 is 19.1 Å². The van der Waals surface area contributed by atoms with Crippen molar-refractivity contribution in [1.82, 2.24) is 15.2 Å². The number of anilines is 3. The maximum atomic E-state index is 13.0. The summed E-state index contributed by atoms with van der Waals surface area (Å²) in [7, 11) is 4.01. The van der Waals surface area contributed by atoms with Gasteiger partial charge in [-0.1, -0.05) is 24.3 Å². The highest BCUT2D eigenvalue weighted by Crippen LogP contribution is 2.24. The van der Waals surface area contributed by atoms with E-state index in [1.165, 1.54) is 0 Å². The van der Waals surface area contributed by atoms with Crippen molar-refractivity contribution in [2.75, 3.05) is 36.6 Å².